The average molecular weight is 290 g/mol. The molecule has 0 bridgehead atoms. The summed E-state index contributed by atoms with van der Waals surface area (Å²) in [6.07, 6.45) is 0.670. The minimum Gasteiger partial charge on any atom is -0.480 e. The largest absolute Gasteiger partial charge is 0.480 e. The summed E-state index contributed by atoms with van der Waals surface area (Å²) in [5.74, 6) is -1.26. The van der Waals surface area contributed by atoms with Gasteiger partial charge in [-0.15, -0.1) is 0 Å². The van der Waals surface area contributed by atoms with Gasteiger partial charge in [-0.2, -0.15) is 10.2 Å². The Balaban J connectivity index is 2.94. The number of nitrogens with zero attached hydrogens (tertiary/aromatic N) is 2. The van der Waals surface area contributed by atoms with Crippen molar-refractivity contribution in [3.05, 3.63) is 35.9 Å². The van der Waals surface area contributed by atoms with Crippen molar-refractivity contribution in [2.45, 2.75) is 38.8 Å². The van der Waals surface area contributed by atoms with Gasteiger partial charge in [-0.1, -0.05) is 30.3 Å². The molecule has 1 amide bonds. The van der Waals surface area contributed by atoms with Crippen molar-refractivity contribution in [1.29, 1.82) is 5.26 Å². The third kappa shape index (κ3) is 5.15. The molecule has 0 aliphatic heterocycles. The standard InChI is InChI=1S/C15H18N2O4/c1-15(2,3)21-14(20)17(10-16)12(13(18)19)9-11-7-5-4-6-8-11/h4-8,12H,9H2,1-3H3,(H,18,19). The maximum atomic E-state index is 11.9. The summed E-state index contributed by atoms with van der Waals surface area (Å²) >= 11 is 0. The van der Waals surface area contributed by atoms with Gasteiger partial charge in [-0.3, -0.25) is 0 Å². The lowest BCUT2D eigenvalue weighted by atomic mass is 10.1. The number of carbonyl (C=O) groups excluding carboxylic acids is 1. The van der Waals surface area contributed by atoms with Crippen LogP contribution in [0.4, 0.5) is 4.79 Å². The first-order valence-electron chi connectivity index (χ1n) is 6.43. The van der Waals surface area contributed by atoms with Crippen LogP contribution in [0, 0.1) is 11.5 Å². The lowest BCUT2D eigenvalue weighted by molar-refractivity contribution is -0.142. The first-order valence-corrected chi connectivity index (χ1v) is 6.43. The van der Waals surface area contributed by atoms with Crippen LogP contribution in [0.2, 0.25) is 0 Å². The highest BCUT2D eigenvalue weighted by atomic mass is 16.6. The number of carboxylic acid groups (broad SMARTS) is 1. The fourth-order valence-corrected chi connectivity index (χ4v) is 1.68. The van der Waals surface area contributed by atoms with Gasteiger partial charge < -0.3 is 9.84 Å². The second-order valence-electron chi connectivity index (χ2n) is 5.49. The summed E-state index contributed by atoms with van der Waals surface area (Å²) < 4.78 is 5.06. The molecule has 0 spiro atoms. The van der Waals surface area contributed by atoms with Crippen molar-refractivity contribution >= 4 is 12.1 Å². The minimum absolute atomic E-state index is 0.0307. The molecule has 6 nitrogen and oxygen atoms in total. The number of carboxylic acids is 1. The van der Waals surface area contributed by atoms with Crippen LogP contribution in [0.3, 0.4) is 0 Å². The van der Waals surface area contributed by atoms with Gasteiger partial charge in [0.05, 0.1) is 0 Å². The maximum Gasteiger partial charge on any atom is 0.424 e. The topological polar surface area (TPSA) is 90.6 Å². The van der Waals surface area contributed by atoms with Crippen LogP contribution in [-0.4, -0.2) is 33.7 Å². The van der Waals surface area contributed by atoms with Crippen molar-refractivity contribution in [3.8, 4) is 6.19 Å². The van der Waals surface area contributed by atoms with Gasteiger partial charge in [0, 0.05) is 6.42 Å². The van der Waals surface area contributed by atoms with Crippen molar-refractivity contribution < 1.29 is 19.4 Å². The smallest absolute Gasteiger partial charge is 0.424 e. The van der Waals surface area contributed by atoms with Gasteiger partial charge in [-0.05, 0) is 26.3 Å². The third-order valence-corrected chi connectivity index (χ3v) is 2.57. The number of aliphatic carboxylic acids is 1. The zero-order valence-electron chi connectivity index (χ0n) is 12.2. The van der Waals surface area contributed by atoms with Crippen LogP contribution >= 0.6 is 0 Å². The normalized spacial score (nSPS) is 12.1. The van der Waals surface area contributed by atoms with E-state index < -0.39 is 23.7 Å². The van der Waals surface area contributed by atoms with Crippen molar-refractivity contribution in [3.63, 3.8) is 0 Å². The second kappa shape index (κ2) is 6.75. The highest BCUT2D eigenvalue weighted by Crippen LogP contribution is 2.14. The van der Waals surface area contributed by atoms with E-state index in [0.717, 1.165) is 0 Å². The Morgan fingerprint density at radius 2 is 1.90 bits per heavy atom. The number of benzene rings is 1. The van der Waals surface area contributed by atoms with E-state index in [1.807, 2.05) is 0 Å². The van der Waals surface area contributed by atoms with Crippen LogP contribution in [0.5, 0.6) is 0 Å². The third-order valence-electron chi connectivity index (χ3n) is 2.57. The number of carbonyl (C=O) groups is 2. The van der Waals surface area contributed by atoms with Gasteiger partial charge >= 0.3 is 12.1 Å². The zero-order valence-corrected chi connectivity index (χ0v) is 12.2. The number of ether oxygens (including phenoxy) is 1. The van der Waals surface area contributed by atoms with E-state index in [9.17, 15) is 14.7 Å². The Labute approximate surface area is 123 Å². The van der Waals surface area contributed by atoms with Gasteiger partial charge in [0.25, 0.3) is 0 Å². The summed E-state index contributed by atoms with van der Waals surface area (Å²) in [5, 5.41) is 18.4. The molecule has 1 aromatic rings. The first kappa shape index (κ1) is 16.5. The van der Waals surface area contributed by atoms with Gasteiger partial charge in [0.2, 0.25) is 0 Å². The van der Waals surface area contributed by atoms with E-state index in [4.69, 9.17) is 10.00 Å². The van der Waals surface area contributed by atoms with Crippen LogP contribution in [-0.2, 0) is 16.0 Å². The molecule has 0 radical (unpaired) electrons. The highest BCUT2D eigenvalue weighted by molar-refractivity contribution is 5.81. The summed E-state index contributed by atoms with van der Waals surface area (Å²) in [7, 11) is 0. The molecule has 0 aromatic heterocycles. The molecule has 21 heavy (non-hydrogen) atoms. The maximum absolute atomic E-state index is 11.9. The molecule has 0 heterocycles. The fourth-order valence-electron chi connectivity index (χ4n) is 1.68. The van der Waals surface area contributed by atoms with Crippen LogP contribution < -0.4 is 0 Å². The van der Waals surface area contributed by atoms with Crippen LogP contribution in [0.25, 0.3) is 0 Å². The van der Waals surface area contributed by atoms with Gasteiger partial charge in [0.1, 0.15) is 5.60 Å². The molecule has 1 rings (SSSR count). The van der Waals surface area contributed by atoms with E-state index in [0.29, 0.717) is 10.5 Å². The Bertz CT molecular complexity index is 543. The Morgan fingerprint density at radius 1 is 1.33 bits per heavy atom. The number of rotatable bonds is 4. The average Bonchev–Trinajstić information content (AvgIpc) is 2.37. The van der Waals surface area contributed by atoms with E-state index in [1.54, 1.807) is 57.3 Å². The number of nitriles is 1. The molecule has 0 fully saturated rings. The monoisotopic (exact) mass is 290 g/mol. The van der Waals surface area contributed by atoms with E-state index in [-0.39, 0.29) is 6.42 Å². The predicted octanol–water partition coefficient (Wildman–Crippen LogP) is 2.40. The fraction of sp³-hybridized carbons (Fsp3) is 0.400. The van der Waals surface area contributed by atoms with E-state index >= 15 is 0 Å². The van der Waals surface area contributed by atoms with Gasteiger partial charge in [0.15, 0.2) is 12.2 Å². The summed E-state index contributed by atoms with van der Waals surface area (Å²) in [4.78, 5) is 23.9. The molecule has 0 saturated carbocycles. The molecule has 0 aliphatic carbocycles. The van der Waals surface area contributed by atoms with Crippen molar-refractivity contribution in [2.24, 2.45) is 0 Å². The summed E-state index contributed by atoms with van der Waals surface area (Å²) in [5.41, 5.74) is -0.0872. The molecule has 1 aromatic carbocycles. The SMILES string of the molecule is CC(C)(C)OC(=O)N(C#N)C(Cc1ccccc1)C(=O)O. The van der Waals surface area contributed by atoms with E-state index in [1.165, 1.54) is 0 Å². The Morgan fingerprint density at radius 3 is 2.33 bits per heavy atom. The minimum atomic E-state index is -1.30. The number of amides is 1. The van der Waals surface area contributed by atoms with Crippen molar-refractivity contribution in [2.75, 3.05) is 0 Å². The zero-order chi connectivity index (χ0) is 16.0. The molecule has 0 aliphatic rings. The lowest BCUT2D eigenvalue weighted by Crippen LogP contribution is -2.45. The molecular weight excluding hydrogens is 272 g/mol. The van der Waals surface area contributed by atoms with E-state index in [2.05, 4.69) is 0 Å². The van der Waals surface area contributed by atoms with Crippen LogP contribution in [0.1, 0.15) is 26.3 Å². The molecule has 0 saturated heterocycles. The quantitative estimate of drug-likeness (QED) is 0.679. The second-order valence-corrected chi connectivity index (χ2v) is 5.49. The molecule has 1 atom stereocenters. The summed E-state index contributed by atoms with van der Waals surface area (Å²) in [6.45, 7) is 4.94. The highest BCUT2D eigenvalue weighted by Gasteiger charge is 2.33. The molecule has 112 valence electrons. The predicted molar refractivity (Wildman–Crippen MR) is 75.3 cm³/mol. The first-order chi connectivity index (χ1) is 9.74. The molecule has 1 unspecified atom stereocenters. The van der Waals surface area contributed by atoms with Crippen LogP contribution in [0.15, 0.2) is 30.3 Å². The number of hydrogen-bond acceptors (Lipinski definition) is 4. The Kier molecular flexibility index (Phi) is 5.30. The summed E-state index contributed by atoms with van der Waals surface area (Å²) in [6, 6.07) is 7.50. The van der Waals surface area contributed by atoms with Crippen molar-refractivity contribution in [1.82, 2.24) is 4.90 Å². The number of hydrogen-bond donors (Lipinski definition) is 1. The lowest BCUT2D eigenvalue weighted by Gasteiger charge is -2.26. The molecule has 1 N–H and O–H groups in total. The van der Waals surface area contributed by atoms with Gasteiger partial charge in [-0.25, -0.2) is 9.59 Å². The molecule has 6 heteroatoms. The Hall–Kier alpha value is -2.55. The molecular formula is C15H18N2O4.